The van der Waals surface area contributed by atoms with E-state index in [0.717, 1.165) is 11.1 Å². The maximum absolute atomic E-state index is 12.6. The van der Waals surface area contributed by atoms with Gasteiger partial charge in [0.2, 0.25) is 18.6 Å². The summed E-state index contributed by atoms with van der Waals surface area (Å²) < 4.78 is 10.6. The molecule has 0 aromatic heterocycles. The van der Waals surface area contributed by atoms with E-state index in [0.29, 0.717) is 17.2 Å². The summed E-state index contributed by atoms with van der Waals surface area (Å²) in [5.74, 6) is 0.998. The molecule has 2 heterocycles. The molecule has 2 aliphatic rings. The number of fused-ring (bicyclic) bond motifs is 2. The lowest BCUT2D eigenvalue weighted by molar-refractivity contribution is -0.129. The molecule has 4 rings (SSSR count). The Kier molecular flexibility index (Phi) is 4.08. The first kappa shape index (κ1) is 16.2. The van der Waals surface area contributed by atoms with Crippen molar-refractivity contribution in [2.75, 3.05) is 12.1 Å². The molecule has 132 valence electrons. The molecule has 0 fully saturated rings. The van der Waals surface area contributed by atoms with E-state index in [1.807, 2.05) is 30.3 Å². The van der Waals surface area contributed by atoms with E-state index >= 15 is 0 Å². The van der Waals surface area contributed by atoms with Crippen LogP contribution in [0.1, 0.15) is 30.5 Å². The summed E-state index contributed by atoms with van der Waals surface area (Å²) in [6.45, 7) is 1.69. The van der Waals surface area contributed by atoms with E-state index in [4.69, 9.17) is 9.47 Å². The Morgan fingerprint density at radius 3 is 2.81 bits per heavy atom. The Balaban J connectivity index is 1.53. The van der Waals surface area contributed by atoms with Crippen molar-refractivity contribution in [2.24, 2.45) is 0 Å². The maximum atomic E-state index is 12.6. The third-order valence-electron chi connectivity index (χ3n) is 4.50. The zero-order valence-electron chi connectivity index (χ0n) is 14.3. The summed E-state index contributed by atoms with van der Waals surface area (Å²) in [7, 11) is 0. The average Bonchev–Trinajstić information content (AvgIpc) is 3.09. The normalized spacial score (nSPS) is 17.0. The highest BCUT2D eigenvalue weighted by Gasteiger charge is 2.28. The van der Waals surface area contributed by atoms with E-state index in [1.54, 1.807) is 29.3 Å². The van der Waals surface area contributed by atoms with Crippen molar-refractivity contribution in [1.82, 2.24) is 4.90 Å². The smallest absolute Gasteiger partial charge is 0.231 e. The van der Waals surface area contributed by atoms with E-state index < -0.39 is 0 Å². The lowest BCUT2D eigenvalue weighted by Gasteiger charge is -2.32. The lowest BCUT2D eigenvalue weighted by Crippen LogP contribution is -2.33. The number of nitrogens with one attached hydrogen (secondary N) is 1. The number of hydrogen-bond acceptors (Lipinski definition) is 4. The second kappa shape index (κ2) is 6.55. The van der Waals surface area contributed by atoms with Gasteiger partial charge in [0.15, 0.2) is 11.5 Å². The molecule has 0 saturated carbocycles. The van der Waals surface area contributed by atoms with Crippen LogP contribution in [0.5, 0.6) is 11.5 Å². The summed E-state index contributed by atoms with van der Waals surface area (Å²) >= 11 is 0. The molecule has 6 nitrogen and oxygen atoms in total. The van der Waals surface area contributed by atoms with Crippen LogP contribution in [0.15, 0.2) is 48.7 Å². The van der Waals surface area contributed by atoms with Crippen molar-refractivity contribution in [3.8, 4) is 11.5 Å². The van der Waals surface area contributed by atoms with E-state index in [9.17, 15) is 9.59 Å². The monoisotopic (exact) mass is 350 g/mol. The van der Waals surface area contributed by atoms with Crippen LogP contribution in [0, 0.1) is 0 Å². The predicted molar refractivity (Wildman–Crippen MR) is 96.5 cm³/mol. The fourth-order valence-electron chi connectivity index (χ4n) is 3.28. The van der Waals surface area contributed by atoms with Crippen molar-refractivity contribution >= 4 is 23.6 Å². The maximum Gasteiger partial charge on any atom is 0.231 e. The Morgan fingerprint density at radius 2 is 1.96 bits per heavy atom. The minimum Gasteiger partial charge on any atom is -0.454 e. The Hall–Kier alpha value is -3.28. The van der Waals surface area contributed by atoms with Crippen LogP contribution >= 0.6 is 0 Å². The number of rotatable bonds is 3. The van der Waals surface area contributed by atoms with Crippen LogP contribution in [0.4, 0.5) is 5.69 Å². The van der Waals surface area contributed by atoms with Gasteiger partial charge in [-0.15, -0.1) is 0 Å². The third kappa shape index (κ3) is 3.01. The molecule has 26 heavy (non-hydrogen) atoms. The fraction of sp³-hybridized carbons (Fsp3) is 0.200. The summed E-state index contributed by atoms with van der Waals surface area (Å²) in [5, 5.41) is 2.87. The number of ether oxygens (including phenoxy) is 2. The second-order valence-electron chi connectivity index (χ2n) is 6.21. The van der Waals surface area contributed by atoms with Crippen molar-refractivity contribution in [1.29, 1.82) is 0 Å². The molecule has 0 saturated heterocycles. The Labute approximate surface area is 151 Å². The first-order valence-corrected chi connectivity index (χ1v) is 8.37. The fourth-order valence-corrected chi connectivity index (χ4v) is 3.28. The highest BCUT2D eigenvalue weighted by Crippen LogP contribution is 2.35. The molecule has 2 aromatic carbocycles. The van der Waals surface area contributed by atoms with Gasteiger partial charge >= 0.3 is 0 Å². The Morgan fingerprint density at radius 1 is 1.15 bits per heavy atom. The van der Waals surface area contributed by atoms with Crippen LogP contribution in [-0.2, 0) is 9.59 Å². The molecule has 6 heteroatoms. The molecule has 2 amide bonds. The van der Waals surface area contributed by atoms with Crippen molar-refractivity contribution in [3.05, 3.63) is 59.8 Å². The van der Waals surface area contributed by atoms with Gasteiger partial charge in [-0.1, -0.05) is 24.3 Å². The first-order chi connectivity index (χ1) is 12.6. The summed E-state index contributed by atoms with van der Waals surface area (Å²) in [5.41, 5.74) is 2.62. The molecule has 0 aliphatic carbocycles. The first-order valence-electron chi connectivity index (χ1n) is 8.37. The molecule has 1 atom stereocenters. The quantitative estimate of drug-likeness (QED) is 0.922. The molecule has 0 bridgehead atoms. The lowest BCUT2D eigenvalue weighted by atomic mass is 9.93. The van der Waals surface area contributed by atoms with Gasteiger partial charge in [-0.25, -0.2) is 0 Å². The standard InChI is InChI=1S/C20H18N2O4/c1-13(23)22-9-8-14-4-2-3-5-16(14)17(22)11-20(24)21-15-6-7-18-19(10-15)26-12-25-18/h2-10,17H,11-12H2,1H3,(H,21,24). The number of amides is 2. The number of carbonyl (C=O) groups is 2. The summed E-state index contributed by atoms with van der Waals surface area (Å²) in [4.78, 5) is 26.2. The predicted octanol–water partition coefficient (Wildman–Crippen LogP) is 3.32. The largest absolute Gasteiger partial charge is 0.454 e. The zero-order chi connectivity index (χ0) is 18.1. The van der Waals surface area contributed by atoms with Gasteiger partial charge in [0.25, 0.3) is 0 Å². The summed E-state index contributed by atoms with van der Waals surface area (Å²) in [6, 6.07) is 12.7. The van der Waals surface area contributed by atoms with Gasteiger partial charge in [0.05, 0.1) is 12.5 Å². The minimum absolute atomic E-state index is 0.100. The molecule has 1 N–H and O–H groups in total. The topological polar surface area (TPSA) is 67.9 Å². The summed E-state index contributed by atoms with van der Waals surface area (Å²) in [6.07, 6.45) is 3.79. The highest BCUT2D eigenvalue weighted by atomic mass is 16.7. The van der Waals surface area contributed by atoms with Gasteiger partial charge < -0.3 is 19.7 Å². The van der Waals surface area contributed by atoms with Gasteiger partial charge in [0.1, 0.15) is 0 Å². The number of hydrogen-bond donors (Lipinski definition) is 1. The van der Waals surface area contributed by atoms with Crippen molar-refractivity contribution < 1.29 is 19.1 Å². The highest BCUT2D eigenvalue weighted by molar-refractivity contribution is 5.92. The minimum atomic E-state index is -0.331. The molecule has 0 spiro atoms. The molecule has 1 unspecified atom stereocenters. The van der Waals surface area contributed by atoms with Gasteiger partial charge in [-0.3, -0.25) is 9.59 Å². The Bertz CT molecular complexity index is 906. The van der Waals surface area contributed by atoms with Crippen molar-refractivity contribution in [3.63, 3.8) is 0 Å². The van der Waals surface area contributed by atoms with Crippen LogP contribution in [0.2, 0.25) is 0 Å². The number of nitrogens with zero attached hydrogens (tertiary/aromatic N) is 1. The van der Waals surface area contributed by atoms with E-state index in [1.165, 1.54) is 6.92 Å². The zero-order valence-corrected chi connectivity index (χ0v) is 14.3. The molecule has 2 aromatic rings. The molecular formula is C20H18N2O4. The molecule has 2 aliphatic heterocycles. The second-order valence-corrected chi connectivity index (χ2v) is 6.21. The SMILES string of the molecule is CC(=O)N1C=Cc2ccccc2C1CC(=O)Nc1ccc2c(c1)OCO2. The van der Waals surface area contributed by atoms with E-state index in [2.05, 4.69) is 5.32 Å². The van der Waals surface area contributed by atoms with Crippen LogP contribution in [0.3, 0.4) is 0 Å². The van der Waals surface area contributed by atoms with Gasteiger partial charge in [0, 0.05) is 24.9 Å². The van der Waals surface area contributed by atoms with Gasteiger partial charge in [-0.05, 0) is 29.3 Å². The molecular weight excluding hydrogens is 332 g/mol. The van der Waals surface area contributed by atoms with Gasteiger partial charge in [-0.2, -0.15) is 0 Å². The third-order valence-corrected chi connectivity index (χ3v) is 4.50. The number of carbonyl (C=O) groups excluding carboxylic acids is 2. The number of anilines is 1. The average molecular weight is 350 g/mol. The van der Waals surface area contributed by atoms with Crippen molar-refractivity contribution in [2.45, 2.75) is 19.4 Å². The van der Waals surface area contributed by atoms with Crippen LogP contribution in [0.25, 0.3) is 6.08 Å². The number of benzene rings is 2. The van der Waals surface area contributed by atoms with Crippen LogP contribution < -0.4 is 14.8 Å². The van der Waals surface area contributed by atoms with Crippen LogP contribution in [-0.4, -0.2) is 23.5 Å². The van der Waals surface area contributed by atoms with E-state index in [-0.39, 0.29) is 31.1 Å². The molecule has 0 radical (unpaired) electrons.